The Morgan fingerprint density at radius 1 is 0.548 bits per heavy atom. The van der Waals surface area contributed by atoms with Crippen LogP contribution in [0.1, 0.15) is 140 Å². The molecule has 0 radical (unpaired) electrons. The lowest BCUT2D eigenvalue weighted by molar-refractivity contribution is 0.232. The molecular weight excluding hydrogens is 521 g/mol. The third-order valence-corrected chi connectivity index (χ3v) is 18.8. The Hall–Kier alpha value is -1.34. The summed E-state index contributed by atoms with van der Waals surface area (Å²) in [5.41, 5.74) is 8.78. The van der Waals surface area contributed by atoms with Gasteiger partial charge in [-0.2, -0.15) is 0 Å². The van der Waals surface area contributed by atoms with Gasteiger partial charge in [0.05, 0.1) is 8.07 Å². The van der Waals surface area contributed by atoms with Crippen molar-refractivity contribution < 1.29 is 0 Å². The van der Waals surface area contributed by atoms with Crippen LogP contribution in [0.25, 0.3) is 0 Å². The molecule has 0 heterocycles. The van der Waals surface area contributed by atoms with Gasteiger partial charge in [-0.1, -0.05) is 142 Å². The summed E-state index contributed by atoms with van der Waals surface area (Å²) in [6.07, 6.45) is 13.3. The number of rotatable bonds is 4. The van der Waals surface area contributed by atoms with Crippen molar-refractivity contribution in [3.05, 3.63) is 70.8 Å². The van der Waals surface area contributed by atoms with Crippen molar-refractivity contribution in [1.82, 2.24) is 0 Å². The van der Waals surface area contributed by atoms with Gasteiger partial charge in [0.15, 0.2) is 0 Å². The highest BCUT2D eigenvalue weighted by Gasteiger charge is 2.58. The summed E-state index contributed by atoms with van der Waals surface area (Å²) in [6.45, 7) is 22.6. The topological polar surface area (TPSA) is 0 Å². The molecule has 2 aromatic carbocycles. The molecule has 4 aliphatic rings. The number of hydrogen-bond acceptors (Lipinski definition) is 0. The minimum Gasteiger partial charge on any atom is -0.0689 e. The highest BCUT2D eigenvalue weighted by molar-refractivity contribution is 6.80. The average molecular weight is 583 g/mol. The lowest BCUT2D eigenvalue weighted by atomic mass is 9.70. The van der Waals surface area contributed by atoms with Crippen molar-refractivity contribution in [3.63, 3.8) is 0 Å². The van der Waals surface area contributed by atoms with Gasteiger partial charge in [0, 0.05) is 0 Å². The highest BCUT2D eigenvalue weighted by atomic mass is 28.3. The van der Waals surface area contributed by atoms with Crippen molar-refractivity contribution in [2.24, 2.45) is 29.6 Å². The summed E-state index contributed by atoms with van der Waals surface area (Å²) in [5, 5.41) is 0. The van der Waals surface area contributed by atoms with Gasteiger partial charge in [-0.15, -0.1) is 0 Å². The van der Waals surface area contributed by atoms with E-state index in [1.54, 1.807) is 11.1 Å². The predicted molar refractivity (Wildman–Crippen MR) is 185 cm³/mol. The molecule has 4 aliphatic carbocycles. The Balaban J connectivity index is 1.25. The normalized spacial score (nSPS) is 35.6. The lowest BCUT2D eigenvalue weighted by Crippen LogP contribution is -2.45. The summed E-state index contributed by atoms with van der Waals surface area (Å²) in [6, 6.07) is 19.9. The quantitative estimate of drug-likeness (QED) is 0.314. The van der Waals surface area contributed by atoms with Gasteiger partial charge in [0.25, 0.3) is 0 Å². The van der Waals surface area contributed by atoms with Crippen LogP contribution in [0, 0.1) is 29.6 Å². The fraction of sp³-hybridized carbons (Fsp3) is 0.707. The van der Waals surface area contributed by atoms with E-state index in [-0.39, 0.29) is 10.8 Å². The molecule has 0 N–H and O–H groups in total. The van der Waals surface area contributed by atoms with Gasteiger partial charge in [-0.3, -0.25) is 0 Å². The van der Waals surface area contributed by atoms with E-state index in [0.29, 0.717) is 0 Å². The molecule has 4 saturated carbocycles. The third-order valence-electron chi connectivity index (χ3n) is 13.5. The first kappa shape index (κ1) is 30.7. The smallest absolute Gasteiger partial charge is 0.0544 e. The maximum absolute atomic E-state index is 2.89. The zero-order valence-electron chi connectivity index (χ0n) is 28.7. The molecule has 0 amide bonds. The SMILES string of the molecule is CC1CC2C(c3ccc(C(C)(C)C)cc3)CCCC2C1[Si](C)(C)C1CC(c2ccc(C(C)(C)C)cc2)C2CCCCC21. The van der Waals surface area contributed by atoms with Crippen LogP contribution in [0.4, 0.5) is 0 Å². The van der Waals surface area contributed by atoms with E-state index in [1.165, 1.54) is 68.9 Å². The van der Waals surface area contributed by atoms with Crippen LogP contribution in [-0.2, 0) is 10.8 Å². The molecule has 4 fully saturated rings. The standard InChI is InChI=1S/C41H62Si/c1-27-25-37-32(28-17-21-30(22-18-28)40(2,3)4)15-12-16-35(37)39(27)42(8,9)38-26-36(33-13-10-11-14-34(33)38)29-19-23-31(24-20-29)41(5,6)7/h17-24,27,32-39H,10-16,25-26H2,1-9H3. The average Bonchev–Trinajstić information content (AvgIpc) is 3.50. The molecule has 42 heavy (non-hydrogen) atoms. The summed E-state index contributed by atoms with van der Waals surface area (Å²) < 4.78 is 0. The van der Waals surface area contributed by atoms with Crippen LogP contribution in [0.5, 0.6) is 0 Å². The van der Waals surface area contributed by atoms with Gasteiger partial charge in [-0.25, -0.2) is 0 Å². The molecule has 0 spiro atoms. The zero-order valence-corrected chi connectivity index (χ0v) is 29.7. The molecule has 1 heteroatoms. The molecule has 9 unspecified atom stereocenters. The zero-order chi connectivity index (χ0) is 30.0. The fourth-order valence-corrected chi connectivity index (χ4v) is 17.5. The molecule has 2 aromatic rings. The molecule has 0 aromatic heterocycles. The van der Waals surface area contributed by atoms with Gasteiger partial charge in [0.1, 0.15) is 0 Å². The Morgan fingerprint density at radius 2 is 1.05 bits per heavy atom. The molecule has 0 nitrogen and oxygen atoms in total. The van der Waals surface area contributed by atoms with Gasteiger partial charge >= 0.3 is 0 Å². The van der Waals surface area contributed by atoms with Crippen LogP contribution in [-0.4, -0.2) is 8.07 Å². The number of hydrogen-bond donors (Lipinski definition) is 0. The summed E-state index contributed by atoms with van der Waals surface area (Å²) >= 11 is 0. The van der Waals surface area contributed by atoms with E-state index < -0.39 is 8.07 Å². The Labute approximate surface area is 260 Å². The Kier molecular flexibility index (Phi) is 8.20. The van der Waals surface area contributed by atoms with Gasteiger partial charge in [-0.05, 0) is 111 Å². The molecule has 0 bridgehead atoms. The maximum Gasteiger partial charge on any atom is 0.0544 e. The van der Waals surface area contributed by atoms with E-state index in [1.807, 2.05) is 0 Å². The first-order valence-electron chi connectivity index (χ1n) is 18.0. The predicted octanol–water partition coefficient (Wildman–Crippen LogP) is 12.3. The molecule has 9 atom stereocenters. The third kappa shape index (κ3) is 5.52. The monoisotopic (exact) mass is 582 g/mol. The second-order valence-electron chi connectivity index (χ2n) is 18.2. The second-order valence-corrected chi connectivity index (χ2v) is 23.3. The highest BCUT2D eigenvalue weighted by Crippen LogP contribution is 2.67. The number of fused-ring (bicyclic) bond motifs is 2. The van der Waals surface area contributed by atoms with Crippen molar-refractivity contribution in [3.8, 4) is 0 Å². The second kappa shape index (κ2) is 11.2. The van der Waals surface area contributed by atoms with Crippen LogP contribution in [0.3, 0.4) is 0 Å². The van der Waals surface area contributed by atoms with Gasteiger partial charge < -0.3 is 0 Å². The van der Waals surface area contributed by atoms with E-state index in [0.717, 1.165) is 52.5 Å². The van der Waals surface area contributed by atoms with Crippen molar-refractivity contribution >= 4 is 8.07 Å². The Morgan fingerprint density at radius 3 is 1.60 bits per heavy atom. The van der Waals surface area contributed by atoms with Crippen LogP contribution >= 0.6 is 0 Å². The van der Waals surface area contributed by atoms with Crippen molar-refractivity contribution in [2.45, 2.75) is 153 Å². The molecule has 6 rings (SSSR count). The number of benzene rings is 2. The minimum absolute atomic E-state index is 0.237. The summed E-state index contributed by atoms with van der Waals surface area (Å²) in [7, 11) is -1.50. The molecular formula is C41H62Si. The molecule has 0 aliphatic heterocycles. The first-order valence-corrected chi connectivity index (χ1v) is 21.1. The van der Waals surface area contributed by atoms with E-state index >= 15 is 0 Å². The summed E-state index contributed by atoms with van der Waals surface area (Å²) in [4.78, 5) is 0. The fourth-order valence-electron chi connectivity index (χ4n) is 11.5. The van der Waals surface area contributed by atoms with E-state index in [2.05, 4.69) is 110 Å². The Bertz CT molecular complexity index is 1210. The minimum atomic E-state index is -1.50. The van der Waals surface area contributed by atoms with Crippen molar-refractivity contribution in [2.75, 3.05) is 0 Å². The largest absolute Gasteiger partial charge is 0.0689 e. The van der Waals surface area contributed by atoms with Gasteiger partial charge in [0.2, 0.25) is 0 Å². The molecule has 230 valence electrons. The maximum atomic E-state index is 2.89. The summed E-state index contributed by atoms with van der Waals surface area (Å²) in [5.74, 6) is 6.30. The van der Waals surface area contributed by atoms with Crippen LogP contribution in [0.15, 0.2) is 48.5 Å². The van der Waals surface area contributed by atoms with Crippen LogP contribution < -0.4 is 0 Å². The van der Waals surface area contributed by atoms with E-state index in [4.69, 9.17) is 0 Å². The first-order chi connectivity index (χ1) is 19.8. The van der Waals surface area contributed by atoms with Crippen LogP contribution in [0.2, 0.25) is 24.2 Å². The molecule has 0 saturated heterocycles. The van der Waals surface area contributed by atoms with Crippen molar-refractivity contribution in [1.29, 1.82) is 0 Å². The van der Waals surface area contributed by atoms with E-state index in [9.17, 15) is 0 Å². The lowest BCUT2D eigenvalue weighted by Gasteiger charge is -2.47.